The highest BCUT2D eigenvalue weighted by Gasteiger charge is 2.27. The highest BCUT2D eigenvalue weighted by Crippen LogP contribution is 2.25. The third-order valence-corrected chi connectivity index (χ3v) is 4.52. The predicted molar refractivity (Wildman–Crippen MR) is 112 cm³/mol. The second-order valence-electron chi connectivity index (χ2n) is 7.62. The van der Waals surface area contributed by atoms with E-state index in [9.17, 15) is 9.59 Å². The number of nitrogens with zero attached hydrogens (tertiary/aromatic N) is 2. The molecule has 1 aromatic heterocycles. The third-order valence-electron chi connectivity index (χ3n) is 3.46. The van der Waals surface area contributed by atoms with Crippen LogP contribution in [0, 0.1) is 5.92 Å². The second-order valence-corrected chi connectivity index (χ2v) is 8.98. The fourth-order valence-corrected chi connectivity index (χ4v) is 3.00. The number of hydrogen-bond donors (Lipinski definition) is 2. The number of benzene rings is 1. The van der Waals surface area contributed by atoms with Gasteiger partial charge in [0, 0.05) is 10.7 Å². The first-order valence-corrected chi connectivity index (χ1v) is 10.4. The van der Waals surface area contributed by atoms with E-state index in [1.54, 1.807) is 45.0 Å². The molecule has 0 bridgehead atoms. The molecular weight excluding hydrogens is 416 g/mol. The lowest BCUT2D eigenvalue weighted by Crippen LogP contribution is -2.37. The molecule has 0 saturated carbocycles. The van der Waals surface area contributed by atoms with Gasteiger partial charge >= 0.3 is 6.09 Å². The van der Waals surface area contributed by atoms with E-state index in [2.05, 4.69) is 20.8 Å². The topological polar surface area (TPSA) is 106 Å². The van der Waals surface area contributed by atoms with Crippen molar-refractivity contribution in [2.75, 3.05) is 11.1 Å². The van der Waals surface area contributed by atoms with Gasteiger partial charge in [-0.05, 0) is 44.9 Å². The van der Waals surface area contributed by atoms with Crippen molar-refractivity contribution in [2.45, 2.75) is 51.5 Å². The number of thioether (sulfide) groups is 1. The minimum atomic E-state index is -0.613. The first-order valence-electron chi connectivity index (χ1n) is 9.04. The van der Waals surface area contributed by atoms with Crippen molar-refractivity contribution in [3.63, 3.8) is 0 Å². The lowest BCUT2D eigenvalue weighted by Gasteiger charge is -2.23. The number of carbonyl (C=O) groups is 2. The van der Waals surface area contributed by atoms with Crippen LogP contribution in [0.4, 0.5) is 10.5 Å². The van der Waals surface area contributed by atoms with Crippen LogP contribution in [0.1, 0.15) is 46.6 Å². The Kier molecular flexibility index (Phi) is 7.92. The zero-order valence-electron chi connectivity index (χ0n) is 17.0. The van der Waals surface area contributed by atoms with Gasteiger partial charge < -0.3 is 19.8 Å². The summed E-state index contributed by atoms with van der Waals surface area (Å²) in [6.45, 7) is 9.18. The zero-order chi connectivity index (χ0) is 21.6. The summed E-state index contributed by atoms with van der Waals surface area (Å²) in [5.74, 6) is 0.0971. The molecule has 0 saturated heterocycles. The molecule has 0 spiro atoms. The van der Waals surface area contributed by atoms with Crippen LogP contribution in [0.3, 0.4) is 0 Å². The number of aromatic nitrogens is 2. The van der Waals surface area contributed by atoms with E-state index < -0.39 is 17.7 Å². The fourth-order valence-electron chi connectivity index (χ4n) is 2.24. The molecule has 2 amide bonds. The SMILES string of the molecule is CC(C)[C@H](NC(=O)OC(C)(C)C)c1nnc(SCC(=O)Nc2cccc(Cl)c2)o1. The van der Waals surface area contributed by atoms with Crippen LogP contribution in [-0.2, 0) is 9.53 Å². The molecule has 10 heteroatoms. The van der Waals surface area contributed by atoms with E-state index in [-0.39, 0.29) is 28.7 Å². The number of ether oxygens (including phenoxy) is 1. The van der Waals surface area contributed by atoms with Crippen molar-refractivity contribution in [3.8, 4) is 0 Å². The summed E-state index contributed by atoms with van der Waals surface area (Å²) >= 11 is 7.00. The van der Waals surface area contributed by atoms with Crippen molar-refractivity contribution in [1.82, 2.24) is 15.5 Å². The Morgan fingerprint density at radius 3 is 2.62 bits per heavy atom. The summed E-state index contributed by atoms with van der Waals surface area (Å²) in [6, 6.07) is 6.37. The maximum atomic E-state index is 12.1. The number of rotatable bonds is 7. The van der Waals surface area contributed by atoms with E-state index >= 15 is 0 Å². The number of amides is 2. The van der Waals surface area contributed by atoms with Gasteiger partial charge in [-0.25, -0.2) is 4.79 Å². The van der Waals surface area contributed by atoms with Crippen LogP contribution in [0.5, 0.6) is 0 Å². The molecule has 2 aromatic rings. The molecule has 0 aliphatic heterocycles. The summed E-state index contributed by atoms with van der Waals surface area (Å²) in [4.78, 5) is 24.2. The molecule has 1 heterocycles. The minimum Gasteiger partial charge on any atom is -0.444 e. The summed E-state index contributed by atoms with van der Waals surface area (Å²) in [7, 11) is 0. The van der Waals surface area contributed by atoms with Crippen molar-refractivity contribution in [1.29, 1.82) is 0 Å². The van der Waals surface area contributed by atoms with Gasteiger partial charge in [-0.15, -0.1) is 10.2 Å². The van der Waals surface area contributed by atoms with Crippen molar-refractivity contribution in [3.05, 3.63) is 35.2 Å². The van der Waals surface area contributed by atoms with E-state index in [0.717, 1.165) is 11.8 Å². The minimum absolute atomic E-state index is 0.00746. The molecule has 0 radical (unpaired) electrons. The third kappa shape index (κ3) is 7.94. The number of alkyl carbamates (subject to hydrolysis) is 1. The molecule has 2 rings (SSSR count). The van der Waals surface area contributed by atoms with E-state index in [0.29, 0.717) is 10.7 Å². The molecular formula is C19H25ClN4O4S. The molecule has 0 aliphatic carbocycles. The number of nitrogens with one attached hydrogen (secondary N) is 2. The molecule has 1 aromatic carbocycles. The Bertz CT molecular complexity index is 851. The standard InChI is InChI=1S/C19H25ClN4O4S/c1-11(2)15(22-17(26)28-19(3,4)5)16-23-24-18(27-16)29-10-14(25)21-13-8-6-7-12(20)9-13/h6-9,11,15H,10H2,1-5H3,(H,21,25)(H,22,26)/t15-/m0/s1. The molecule has 0 aliphatic rings. The molecule has 8 nitrogen and oxygen atoms in total. The van der Waals surface area contributed by atoms with Gasteiger partial charge in [0.1, 0.15) is 11.6 Å². The van der Waals surface area contributed by atoms with Crippen LogP contribution >= 0.6 is 23.4 Å². The Balaban J connectivity index is 1.93. The molecule has 158 valence electrons. The van der Waals surface area contributed by atoms with Crippen LogP contribution in [0.25, 0.3) is 0 Å². The average molecular weight is 441 g/mol. The van der Waals surface area contributed by atoms with Crippen LogP contribution < -0.4 is 10.6 Å². The fraction of sp³-hybridized carbons (Fsp3) is 0.474. The van der Waals surface area contributed by atoms with Gasteiger partial charge in [-0.1, -0.05) is 43.3 Å². The summed E-state index contributed by atoms with van der Waals surface area (Å²) in [5.41, 5.74) is -0.00611. The average Bonchev–Trinajstić information content (AvgIpc) is 3.04. The maximum absolute atomic E-state index is 12.1. The summed E-state index contributed by atoms with van der Waals surface area (Å²) in [6.07, 6.45) is -0.565. The van der Waals surface area contributed by atoms with Crippen molar-refractivity contribution in [2.24, 2.45) is 5.92 Å². The van der Waals surface area contributed by atoms with Gasteiger partial charge in [0.2, 0.25) is 11.8 Å². The quantitative estimate of drug-likeness (QED) is 0.602. The highest BCUT2D eigenvalue weighted by atomic mass is 35.5. The van der Waals surface area contributed by atoms with Crippen LogP contribution in [-0.4, -0.2) is 33.6 Å². The largest absolute Gasteiger partial charge is 0.444 e. The Labute approximate surface area is 179 Å². The lowest BCUT2D eigenvalue weighted by molar-refractivity contribution is -0.113. The van der Waals surface area contributed by atoms with Gasteiger partial charge in [-0.2, -0.15) is 0 Å². The number of halogens is 1. The molecule has 0 unspecified atom stereocenters. The number of carbonyl (C=O) groups excluding carboxylic acids is 2. The number of hydrogen-bond acceptors (Lipinski definition) is 7. The zero-order valence-corrected chi connectivity index (χ0v) is 18.6. The van der Waals surface area contributed by atoms with Crippen molar-refractivity contribution >= 4 is 41.1 Å². The van der Waals surface area contributed by atoms with Crippen LogP contribution in [0.15, 0.2) is 33.9 Å². The molecule has 29 heavy (non-hydrogen) atoms. The second kappa shape index (κ2) is 9.98. The van der Waals surface area contributed by atoms with Gasteiger partial charge in [0.25, 0.3) is 5.22 Å². The van der Waals surface area contributed by atoms with Gasteiger partial charge in [0.05, 0.1) is 5.75 Å². The summed E-state index contributed by atoms with van der Waals surface area (Å²) < 4.78 is 10.9. The normalized spacial score (nSPS) is 12.5. The van der Waals surface area contributed by atoms with E-state index in [1.807, 2.05) is 13.8 Å². The first kappa shape index (κ1) is 23.0. The van der Waals surface area contributed by atoms with Crippen LogP contribution in [0.2, 0.25) is 5.02 Å². The van der Waals surface area contributed by atoms with Gasteiger partial charge in [-0.3, -0.25) is 4.79 Å². The molecule has 0 fully saturated rings. The Morgan fingerprint density at radius 2 is 2.00 bits per heavy atom. The Morgan fingerprint density at radius 1 is 1.28 bits per heavy atom. The first-order chi connectivity index (χ1) is 13.5. The highest BCUT2D eigenvalue weighted by molar-refractivity contribution is 7.99. The Hall–Kier alpha value is -2.26. The van der Waals surface area contributed by atoms with E-state index in [4.69, 9.17) is 20.8 Å². The molecule has 1 atom stereocenters. The van der Waals surface area contributed by atoms with Gasteiger partial charge in [0.15, 0.2) is 0 Å². The molecule has 2 N–H and O–H groups in total. The monoisotopic (exact) mass is 440 g/mol. The smallest absolute Gasteiger partial charge is 0.408 e. The lowest BCUT2D eigenvalue weighted by atomic mass is 10.1. The van der Waals surface area contributed by atoms with E-state index in [1.165, 1.54) is 0 Å². The number of anilines is 1. The predicted octanol–water partition coefficient (Wildman–Crippen LogP) is 4.68. The summed E-state index contributed by atoms with van der Waals surface area (Å²) in [5, 5.41) is 14.2. The van der Waals surface area contributed by atoms with Crippen molar-refractivity contribution < 1.29 is 18.7 Å². The maximum Gasteiger partial charge on any atom is 0.408 e.